The van der Waals surface area contributed by atoms with Gasteiger partial charge in [-0.05, 0) is 42.5 Å². The summed E-state index contributed by atoms with van der Waals surface area (Å²) in [5.41, 5.74) is 2.85. The molecule has 1 aromatic heterocycles. The van der Waals surface area contributed by atoms with Crippen LogP contribution in [0.2, 0.25) is 0 Å². The van der Waals surface area contributed by atoms with Crippen molar-refractivity contribution in [3.05, 3.63) is 46.9 Å². The van der Waals surface area contributed by atoms with Crippen LogP contribution in [0.5, 0.6) is 5.75 Å². The number of carbonyl (C=O) groups is 1. The molecule has 1 aliphatic rings. The lowest BCUT2D eigenvalue weighted by molar-refractivity contribution is 0.0824. The summed E-state index contributed by atoms with van der Waals surface area (Å²) in [4.78, 5) is 13.9. The van der Waals surface area contributed by atoms with Crippen molar-refractivity contribution in [3.63, 3.8) is 0 Å². The zero-order valence-corrected chi connectivity index (χ0v) is 20.6. The van der Waals surface area contributed by atoms with Crippen LogP contribution in [0, 0.1) is 6.92 Å². The van der Waals surface area contributed by atoms with E-state index in [1.807, 2.05) is 13.0 Å². The van der Waals surface area contributed by atoms with E-state index in [0.29, 0.717) is 28.7 Å². The maximum atomic E-state index is 12.5. The number of amidine groups is 1. The zero-order chi connectivity index (χ0) is 24.3. The molecule has 0 fully saturated rings. The van der Waals surface area contributed by atoms with E-state index in [9.17, 15) is 14.1 Å². The summed E-state index contributed by atoms with van der Waals surface area (Å²) in [6.07, 6.45) is 2.48. The lowest BCUT2D eigenvalue weighted by Crippen LogP contribution is -2.36. The molecule has 0 saturated carbocycles. The average molecular weight is 474 g/mol. The topological polar surface area (TPSA) is 120 Å². The first-order chi connectivity index (χ1) is 15.6. The van der Waals surface area contributed by atoms with Gasteiger partial charge < -0.3 is 25.1 Å². The van der Waals surface area contributed by atoms with E-state index < -0.39 is 11.2 Å². The van der Waals surface area contributed by atoms with E-state index in [0.717, 1.165) is 17.7 Å². The molecule has 0 radical (unpaired) electrons. The van der Waals surface area contributed by atoms with Gasteiger partial charge in [-0.25, -0.2) is 4.21 Å². The van der Waals surface area contributed by atoms with E-state index >= 15 is 0 Å². The molecule has 2 aromatic rings. The molecule has 1 aromatic carbocycles. The molecule has 2 heterocycles. The van der Waals surface area contributed by atoms with Crippen molar-refractivity contribution in [2.45, 2.75) is 46.1 Å². The minimum Gasteiger partial charge on any atom is -0.505 e. The number of aromatic hydroxyl groups is 1. The highest BCUT2D eigenvalue weighted by Gasteiger charge is 2.25. The summed E-state index contributed by atoms with van der Waals surface area (Å²) in [6.45, 7) is 8.15. The number of amides is 1. The highest BCUT2D eigenvalue weighted by molar-refractivity contribution is 7.83. The van der Waals surface area contributed by atoms with Gasteiger partial charge in [0, 0.05) is 14.1 Å². The third-order valence-electron chi connectivity index (χ3n) is 5.45. The number of aryl methyl sites for hydroxylation is 1. The molecule has 0 spiro atoms. The molecular weight excluding hydrogens is 442 g/mol. The van der Waals surface area contributed by atoms with Crippen LogP contribution in [0.1, 0.15) is 66.4 Å². The van der Waals surface area contributed by atoms with Crippen molar-refractivity contribution in [2.75, 3.05) is 26.0 Å². The number of phenols is 1. The standard InChI is InChI=1S/C23H31N5O4S/c1-7-16(19-10-15(12-32-19)13(2)3)25-22-18(26-33(31)27-22)11-24-17-9-8-14(4)20(21(17)29)23(30)28(5)6/h8-10,12-13,16,24,29H,7,11H2,1-6H3,(H,25,27)/t16-,33?/m1/s1. The highest BCUT2D eigenvalue weighted by Crippen LogP contribution is 2.31. The molecule has 9 nitrogen and oxygen atoms in total. The normalized spacial score (nSPS) is 16.4. The molecule has 2 atom stereocenters. The first-order valence-electron chi connectivity index (χ1n) is 10.8. The van der Waals surface area contributed by atoms with Gasteiger partial charge in [-0.15, -0.1) is 4.40 Å². The predicted molar refractivity (Wildman–Crippen MR) is 131 cm³/mol. The molecule has 1 aliphatic heterocycles. The van der Waals surface area contributed by atoms with Crippen LogP contribution in [0.3, 0.4) is 0 Å². The quantitative estimate of drug-likeness (QED) is 0.503. The van der Waals surface area contributed by atoms with E-state index in [4.69, 9.17) is 4.42 Å². The van der Waals surface area contributed by atoms with Crippen molar-refractivity contribution in [3.8, 4) is 5.75 Å². The number of phenolic OH excluding ortho intramolecular Hbond substituents is 1. The van der Waals surface area contributed by atoms with Crippen molar-refractivity contribution in [2.24, 2.45) is 8.80 Å². The summed E-state index contributed by atoms with van der Waals surface area (Å²) >= 11 is -1.73. The van der Waals surface area contributed by atoms with Crippen molar-refractivity contribution in [1.29, 1.82) is 0 Å². The number of anilines is 1. The van der Waals surface area contributed by atoms with Crippen LogP contribution < -0.4 is 10.6 Å². The molecule has 3 rings (SSSR count). The number of furan rings is 1. The van der Waals surface area contributed by atoms with E-state index in [2.05, 4.69) is 33.3 Å². The number of carbonyl (C=O) groups excluding carboxylic acids is 1. The molecule has 3 N–H and O–H groups in total. The van der Waals surface area contributed by atoms with Crippen molar-refractivity contribution >= 4 is 34.3 Å². The lowest BCUT2D eigenvalue weighted by Gasteiger charge is -2.18. The Labute approximate surface area is 196 Å². The van der Waals surface area contributed by atoms with Crippen LogP contribution >= 0.6 is 0 Å². The van der Waals surface area contributed by atoms with Gasteiger partial charge in [0.15, 0.2) is 11.6 Å². The van der Waals surface area contributed by atoms with Crippen LogP contribution in [0.15, 0.2) is 37.7 Å². The van der Waals surface area contributed by atoms with Crippen LogP contribution in [0.4, 0.5) is 5.69 Å². The van der Waals surface area contributed by atoms with Gasteiger partial charge >= 0.3 is 0 Å². The SMILES string of the molecule is CC[C@@H](NC1=NS(=O)N=C1CNc1ccc(C)c(C(=O)N(C)C)c1O)c1cc(C(C)C)co1. The summed E-state index contributed by atoms with van der Waals surface area (Å²) in [5, 5.41) is 17.1. The number of benzene rings is 1. The molecule has 0 bridgehead atoms. The third kappa shape index (κ3) is 5.44. The largest absolute Gasteiger partial charge is 0.505 e. The summed E-state index contributed by atoms with van der Waals surface area (Å²) in [5.74, 6) is 1.11. The third-order valence-corrected chi connectivity index (χ3v) is 6.17. The number of hydrogen-bond donors (Lipinski definition) is 3. The predicted octanol–water partition coefficient (Wildman–Crippen LogP) is 3.70. The second-order valence-electron chi connectivity index (χ2n) is 8.46. The van der Waals surface area contributed by atoms with Gasteiger partial charge in [-0.3, -0.25) is 4.79 Å². The molecule has 1 amide bonds. The Morgan fingerprint density at radius 2 is 2.00 bits per heavy atom. The Kier molecular flexibility index (Phi) is 7.57. The zero-order valence-electron chi connectivity index (χ0n) is 19.8. The number of hydrogen-bond acceptors (Lipinski definition) is 6. The number of nitrogens with zero attached hydrogens (tertiary/aromatic N) is 3. The van der Waals surface area contributed by atoms with Gasteiger partial charge in [-0.1, -0.05) is 26.8 Å². The Balaban J connectivity index is 1.76. The van der Waals surface area contributed by atoms with Gasteiger partial charge in [0.05, 0.1) is 30.1 Å². The fourth-order valence-electron chi connectivity index (χ4n) is 3.41. The minimum absolute atomic E-state index is 0.136. The van der Waals surface area contributed by atoms with Crippen LogP contribution in [-0.4, -0.2) is 52.3 Å². The van der Waals surface area contributed by atoms with E-state index in [-0.39, 0.29) is 29.8 Å². The highest BCUT2D eigenvalue weighted by atomic mass is 32.2. The second-order valence-corrected chi connectivity index (χ2v) is 9.28. The number of nitrogens with one attached hydrogen (secondary N) is 2. The van der Waals surface area contributed by atoms with Gasteiger partial charge in [0.2, 0.25) is 0 Å². The van der Waals surface area contributed by atoms with Gasteiger partial charge in [0.1, 0.15) is 11.5 Å². The molecular formula is C23H31N5O4S. The molecule has 10 heteroatoms. The van der Waals surface area contributed by atoms with E-state index in [1.54, 1.807) is 39.4 Å². The molecule has 0 saturated heterocycles. The monoisotopic (exact) mass is 473 g/mol. The first kappa shape index (κ1) is 24.5. The maximum absolute atomic E-state index is 12.5. The van der Waals surface area contributed by atoms with Gasteiger partial charge in [0.25, 0.3) is 17.1 Å². The summed E-state index contributed by atoms with van der Waals surface area (Å²) in [6, 6.07) is 5.31. The smallest absolute Gasteiger partial charge is 0.268 e. The summed E-state index contributed by atoms with van der Waals surface area (Å²) in [7, 11) is 3.26. The van der Waals surface area contributed by atoms with Crippen molar-refractivity contribution < 1.29 is 18.5 Å². The Bertz CT molecular complexity index is 1120. The summed E-state index contributed by atoms with van der Waals surface area (Å²) < 4.78 is 26.0. The Morgan fingerprint density at radius 1 is 1.27 bits per heavy atom. The molecule has 33 heavy (non-hydrogen) atoms. The second kappa shape index (κ2) is 10.2. The van der Waals surface area contributed by atoms with E-state index in [1.165, 1.54) is 4.90 Å². The molecule has 0 aliphatic carbocycles. The van der Waals surface area contributed by atoms with Crippen molar-refractivity contribution in [1.82, 2.24) is 10.2 Å². The lowest BCUT2D eigenvalue weighted by atomic mass is 10.0. The number of rotatable bonds is 8. The first-order valence-corrected chi connectivity index (χ1v) is 11.9. The minimum atomic E-state index is -1.73. The fraction of sp³-hybridized carbons (Fsp3) is 0.435. The average Bonchev–Trinajstić information content (AvgIpc) is 3.38. The van der Waals surface area contributed by atoms with Crippen LogP contribution in [0.25, 0.3) is 0 Å². The molecule has 178 valence electrons. The Hall–Kier alpha value is -3.14. The van der Waals surface area contributed by atoms with Crippen LogP contribution in [-0.2, 0) is 11.2 Å². The Morgan fingerprint density at radius 3 is 2.61 bits per heavy atom. The maximum Gasteiger partial charge on any atom is 0.268 e. The van der Waals surface area contributed by atoms with Gasteiger partial charge in [-0.2, -0.15) is 4.40 Å². The fourth-order valence-corrected chi connectivity index (χ4v) is 4.11. The molecule has 1 unspecified atom stereocenters.